The van der Waals surface area contributed by atoms with Crippen LogP contribution in [0.3, 0.4) is 0 Å². The van der Waals surface area contributed by atoms with Crippen LogP contribution in [0.1, 0.15) is 27.9 Å². The van der Waals surface area contributed by atoms with Crippen molar-refractivity contribution in [3.05, 3.63) is 64.5 Å². The molecule has 1 amide bonds. The third-order valence-electron chi connectivity index (χ3n) is 3.54. The second-order valence-corrected chi connectivity index (χ2v) is 5.81. The Bertz CT molecular complexity index is 914. The van der Waals surface area contributed by atoms with Crippen molar-refractivity contribution in [3.63, 3.8) is 0 Å². The van der Waals surface area contributed by atoms with E-state index in [2.05, 4.69) is 15.5 Å². The van der Waals surface area contributed by atoms with E-state index in [-0.39, 0.29) is 5.69 Å². The van der Waals surface area contributed by atoms with Crippen molar-refractivity contribution in [2.45, 2.75) is 13.0 Å². The van der Waals surface area contributed by atoms with E-state index in [1.807, 2.05) is 0 Å². The summed E-state index contributed by atoms with van der Waals surface area (Å²) in [6, 6.07) is 10.0. The Morgan fingerprint density at radius 2 is 1.96 bits per heavy atom. The topological polar surface area (TPSA) is 108 Å². The fraction of sp³-hybridized carbons (Fsp3) is 0.118. The number of nitrogens with zero attached hydrogens (tertiary/aromatic N) is 1. The first-order chi connectivity index (χ1) is 11.9. The number of aryl methyl sites for hydroxylation is 1. The molecule has 0 unspecified atom stereocenters. The number of aliphatic carboxylic acids is 1. The molecule has 7 nitrogen and oxygen atoms in total. The van der Waals surface area contributed by atoms with Crippen LogP contribution in [0.4, 0.5) is 0 Å². The number of rotatable bonds is 5. The largest absolute Gasteiger partial charge is 0.479 e. The number of aromatic amines is 1. The van der Waals surface area contributed by atoms with Gasteiger partial charge in [0.25, 0.3) is 5.91 Å². The average Bonchev–Trinajstić information content (AvgIpc) is 3.22. The van der Waals surface area contributed by atoms with Gasteiger partial charge in [0.15, 0.2) is 17.5 Å². The van der Waals surface area contributed by atoms with Gasteiger partial charge in [-0.3, -0.25) is 9.89 Å². The molecule has 1 aromatic carbocycles. The SMILES string of the molecule is Cc1ccc(-c2cc(C(=O)N[C@H](C(=O)O)c3ccc(Cl)cc3)n[nH]2)o1. The van der Waals surface area contributed by atoms with Gasteiger partial charge in [-0.2, -0.15) is 5.10 Å². The highest BCUT2D eigenvalue weighted by Gasteiger charge is 2.24. The molecule has 0 aliphatic carbocycles. The molecular weight excluding hydrogens is 346 g/mol. The molecule has 2 heterocycles. The summed E-state index contributed by atoms with van der Waals surface area (Å²) in [5.74, 6) is -0.540. The molecule has 3 N–H and O–H groups in total. The number of nitrogens with one attached hydrogen (secondary N) is 2. The van der Waals surface area contributed by atoms with E-state index in [0.29, 0.717) is 22.0 Å². The zero-order valence-electron chi connectivity index (χ0n) is 13.1. The van der Waals surface area contributed by atoms with Gasteiger partial charge in [0, 0.05) is 11.1 Å². The molecule has 2 aromatic heterocycles. The first kappa shape index (κ1) is 16.8. The number of aromatic nitrogens is 2. The van der Waals surface area contributed by atoms with Crippen LogP contribution in [0.5, 0.6) is 0 Å². The Balaban J connectivity index is 1.79. The van der Waals surface area contributed by atoms with Crippen molar-refractivity contribution >= 4 is 23.5 Å². The van der Waals surface area contributed by atoms with Gasteiger partial charge < -0.3 is 14.8 Å². The van der Waals surface area contributed by atoms with E-state index in [0.717, 1.165) is 5.76 Å². The van der Waals surface area contributed by atoms with Gasteiger partial charge in [-0.05, 0) is 36.8 Å². The average molecular weight is 360 g/mol. The monoisotopic (exact) mass is 359 g/mol. The molecule has 0 radical (unpaired) electrons. The van der Waals surface area contributed by atoms with Crippen LogP contribution in [-0.2, 0) is 4.79 Å². The number of halogens is 1. The van der Waals surface area contributed by atoms with E-state index >= 15 is 0 Å². The Morgan fingerprint density at radius 3 is 2.56 bits per heavy atom. The zero-order valence-corrected chi connectivity index (χ0v) is 13.9. The molecule has 0 spiro atoms. The molecule has 0 saturated heterocycles. The van der Waals surface area contributed by atoms with Gasteiger partial charge in [0.05, 0.1) is 0 Å². The number of H-pyrrole nitrogens is 1. The van der Waals surface area contributed by atoms with Crippen molar-refractivity contribution in [3.8, 4) is 11.5 Å². The Labute approximate surface area is 147 Å². The van der Waals surface area contributed by atoms with E-state index < -0.39 is 17.9 Å². The van der Waals surface area contributed by atoms with Crippen LogP contribution in [0, 0.1) is 6.92 Å². The third-order valence-corrected chi connectivity index (χ3v) is 3.79. The number of hydrogen-bond acceptors (Lipinski definition) is 4. The van der Waals surface area contributed by atoms with Crippen LogP contribution in [0.15, 0.2) is 46.9 Å². The summed E-state index contributed by atoms with van der Waals surface area (Å²) >= 11 is 5.80. The number of carbonyl (C=O) groups excluding carboxylic acids is 1. The molecular formula is C17H14ClN3O4. The highest BCUT2D eigenvalue weighted by Crippen LogP contribution is 2.21. The summed E-state index contributed by atoms with van der Waals surface area (Å²) in [6.07, 6.45) is 0. The molecule has 1 atom stereocenters. The van der Waals surface area contributed by atoms with E-state index in [9.17, 15) is 14.7 Å². The summed E-state index contributed by atoms with van der Waals surface area (Å²) in [7, 11) is 0. The molecule has 0 saturated carbocycles. The minimum absolute atomic E-state index is 0.0595. The van der Waals surface area contributed by atoms with E-state index in [1.165, 1.54) is 6.07 Å². The lowest BCUT2D eigenvalue weighted by Gasteiger charge is -2.14. The Hall–Kier alpha value is -3.06. The highest BCUT2D eigenvalue weighted by atomic mass is 35.5. The van der Waals surface area contributed by atoms with Crippen LogP contribution >= 0.6 is 11.6 Å². The predicted octanol–water partition coefficient (Wildman–Crippen LogP) is 3.19. The zero-order chi connectivity index (χ0) is 18.0. The summed E-state index contributed by atoms with van der Waals surface area (Å²) in [4.78, 5) is 23.8. The molecule has 0 fully saturated rings. The molecule has 8 heteroatoms. The van der Waals surface area contributed by atoms with E-state index in [1.54, 1.807) is 43.3 Å². The summed E-state index contributed by atoms with van der Waals surface area (Å²) in [5, 5.41) is 18.9. The number of amides is 1. The molecule has 3 aromatic rings. The van der Waals surface area contributed by atoms with Crippen molar-refractivity contribution < 1.29 is 19.1 Å². The van der Waals surface area contributed by atoms with Gasteiger partial charge in [0.1, 0.15) is 11.5 Å². The lowest BCUT2D eigenvalue weighted by atomic mass is 10.1. The van der Waals surface area contributed by atoms with Crippen LogP contribution in [0.25, 0.3) is 11.5 Å². The van der Waals surface area contributed by atoms with E-state index in [4.69, 9.17) is 16.0 Å². The second-order valence-electron chi connectivity index (χ2n) is 5.37. The summed E-state index contributed by atoms with van der Waals surface area (Å²) in [5.41, 5.74) is 0.989. The van der Waals surface area contributed by atoms with Crippen molar-refractivity contribution in [1.29, 1.82) is 0 Å². The first-order valence-electron chi connectivity index (χ1n) is 7.35. The maximum absolute atomic E-state index is 12.3. The van der Waals surface area contributed by atoms with Gasteiger partial charge in [-0.1, -0.05) is 23.7 Å². The summed E-state index contributed by atoms with van der Waals surface area (Å²) < 4.78 is 5.45. The van der Waals surface area contributed by atoms with Gasteiger partial charge >= 0.3 is 5.97 Å². The third kappa shape index (κ3) is 3.72. The van der Waals surface area contributed by atoms with Gasteiger partial charge in [-0.15, -0.1) is 0 Å². The molecule has 0 aliphatic heterocycles. The van der Waals surface area contributed by atoms with Crippen LogP contribution < -0.4 is 5.32 Å². The van der Waals surface area contributed by atoms with Gasteiger partial charge in [0.2, 0.25) is 0 Å². The van der Waals surface area contributed by atoms with Crippen molar-refractivity contribution in [2.24, 2.45) is 0 Å². The fourth-order valence-corrected chi connectivity index (χ4v) is 2.42. The number of hydrogen-bond donors (Lipinski definition) is 3. The van der Waals surface area contributed by atoms with Crippen LogP contribution in [-0.4, -0.2) is 27.2 Å². The quantitative estimate of drug-likeness (QED) is 0.648. The maximum Gasteiger partial charge on any atom is 0.330 e. The number of carboxylic acid groups (broad SMARTS) is 1. The first-order valence-corrected chi connectivity index (χ1v) is 7.73. The highest BCUT2D eigenvalue weighted by molar-refractivity contribution is 6.30. The standard InChI is InChI=1S/C17H14ClN3O4/c1-9-2-7-14(25-9)12-8-13(21-20-12)16(22)19-15(17(23)24)10-3-5-11(18)6-4-10/h2-8,15H,1H3,(H,19,22)(H,20,21)(H,23,24)/t15-/m0/s1. The number of benzene rings is 1. The maximum atomic E-state index is 12.3. The normalized spacial score (nSPS) is 11.9. The lowest BCUT2D eigenvalue weighted by Crippen LogP contribution is -2.33. The molecule has 25 heavy (non-hydrogen) atoms. The van der Waals surface area contributed by atoms with Crippen molar-refractivity contribution in [1.82, 2.24) is 15.5 Å². The Morgan fingerprint density at radius 1 is 1.24 bits per heavy atom. The van der Waals surface area contributed by atoms with Crippen molar-refractivity contribution in [2.75, 3.05) is 0 Å². The molecule has 3 rings (SSSR count). The molecule has 128 valence electrons. The Kier molecular flexibility index (Phi) is 4.58. The number of carbonyl (C=O) groups is 2. The smallest absolute Gasteiger partial charge is 0.330 e. The molecule has 0 bridgehead atoms. The minimum atomic E-state index is -1.21. The lowest BCUT2D eigenvalue weighted by molar-refractivity contribution is -0.139. The number of furan rings is 1. The number of carboxylic acids is 1. The second kappa shape index (κ2) is 6.82. The fourth-order valence-electron chi connectivity index (χ4n) is 2.29. The summed E-state index contributed by atoms with van der Waals surface area (Å²) in [6.45, 7) is 1.80. The molecule has 0 aliphatic rings. The van der Waals surface area contributed by atoms with Crippen LogP contribution in [0.2, 0.25) is 5.02 Å². The minimum Gasteiger partial charge on any atom is -0.479 e. The van der Waals surface area contributed by atoms with Gasteiger partial charge in [-0.25, -0.2) is 4.79 Å². The predicted molar refractivity (Wildman–Crippen MR) is 90.3 cm³/mol.